The van der Waals surface area contributed by atoms with Gasteiger partial charge in [0.25, 0.3) is 11.5 Å². The number of amides is 1. The molecule has 23 heavy (non-hydrogen) atoms. The lowest BCUT2D eigenvalue weighted by atomic mass is 10.2. The van der Waals surface area contributed by atoms with Crippen molar-refractivity contribution in [2.24, 2.45) is 0 Å². The highest BCUT2D eigenvalue weighted by Crippen LogP contribution is 2.20. The van der Waals surface area contributed by atoms with Gasteiger partial charge in [0.1, 0.15) is 11.4 Å². The van der Waals surface area contributed by atoms with E-state index in [-0.39, 0.29) is 17.2 Å². The molecule has 1 aliphatic heterocycles. The van der Waals surface area contributed by atoms with E-state index in [1.54, 1.807) is 12.0 Å². The zero-order chi connectivity index (χ0) is 16.2. The Morgan fingerprint density at radius 3 is 2.48 bits per heavy atom. The third-order valence-corrected chi connectivity index (χ3v) is 3.90. The standard InChI is InChI=1S/C16H18N4O3/c1-23-13-4-2-12(3-5-13)19-6-8-20(9-7-19)16(22)14-10-15(21)18-11-17-14/h2-5,10-11H,6-9H2,1H3,(H,17,18,21). The van der Waals surface area contributed by atoms with E-state index in [1.807, 2.05) is 24.3 Å². The lowest BCUT2D eigenvalue weighted by molar-refractivity contribution is 0.0740. The summed E-state index contributed by atoms with van der Waals surface area (Å²) >= 11 is 0. The molecule has 1 aromatic carbocycles. The minimum absolute atomic E-state index is 0.187. The summed E-state index contributed by atoms with van der Waals surface area (Å²) < 4.78 is 5.16. The second-order valence-corrected chi connectivity index (χ2v) is 5.27. The van der Waals surface area contributed by atoms with Crippen LogP contribution in [0.25, 0.3) is 0 Å². The fraction of sp³-hybridized carbons (Fsp3) is 0.312. The van der Waals surface area contributed by atoms with Crippen LogP contribution in [-0.2, 0) is 0 Å². The summed E-state index contributed by atoms with van der Waals surface area (Å²) in [6.07, 6.45) is 1.25. The van der Waals surface area contributed by atoms with E-state index in [1.165, 1.54) is 12.4 Å². The Balaban J connectivity index is 1.63. The molecule has 7 nitrogen and oxygen atoms in total. The van der Waals surface area contributed by atoms with Crippen molar-refractivity contribution in [1.29, 1.82) is 0 Å². The number of nitrogens with one attached hydrogen (secondary N) is 1. The first-order valence-corrected chi connectivity index (χ1v) is 7.40. The fourth-order valence-electron chi connectivity index (χ4n) is 2.61. The Morgan fingerprint density at radius 2 is 1.87 bits per heavy atom. The number of carbonyl (C=O) groups is 1. The van der Waals surface area contributed by atoms with Crippen molar-refractivity contribution >= 4 is 11.6 Å². The van der Waals surface area contributed by atoms with Gasteiger partial charge in [0, 0.05) is 37.9 Å². The Kier molecular flexibility index (Phi) is 4.27. The van der Waals surface area contributed by atoms with E-state index < -0.39 is 0 Å². The number of hydrogen-bond acceptors (Lipinski definition) is 5. The Morgan fingerprint density at radius 1 is 1.17 bits per heavy atom. The average Bonchev–Trinajstić information content (AvgIpc) is 2.61. The van der Waals surface area contributed by atoms with E-state index in [4.69, 9.17) is 4.74 Å². The predicted molar refractivity (Wildman–Crippen MR) is 86.0 cm³/mol. The molecule has 2 aromatic rings. The van der Waals surface area contributed by atoms with Gasteiger partial charge in [0.15, 0.2) is 0 Å². The molecule has 7 heteroatoms. The van der Waals surface area contributed by atoms with E-state index in [2.05, 4.69) is 14.9 Å². The highest BCUT2D eigenvalue weighted by atomic mass is 16.5. The molecule has 1 amide bonds. The number of carbonyl (C=O) groups excluding carboxylic acids is 1. The van der Waals surface area contributed by atoms with Crippen molar-refractivity contribution in [3.8, 4) is 5.75 Å². The van der Waals surface area contributed by atoms with Crippen molar-refractivity contribution < 1.29 is 9.53 Å². The van der Waals surface area contributed by atoms with Gasteiger partial charge in [0.2, 0.25) is 0 Å². The molecule has 0 atom stereocenters. The number of aromatic amines is 1. The van der Waals surface area contributed by atoms with Crippen molar-refractivity contribution in [3.05, 3.63) is 52.7 Å². The Hall–Kier alpha value is -2.83. The van der Waals surface area contributed by atoms with Gasteiger partial charge in [-0.25, -0.2) is 4.98 Å². The fourth-order valence-corrected chi connectivity index (χ4v) is 2.61. The molecule has 0 bridgehead atoms. The second kappa shape index (κ2) is 6.51. The lowest BCUT2D eigenvalue weighted by Crippen LogP contribution is -2.49. The van der Waals surface area contributed by atoms with Gasteiger partial charge in [-0.1, -0.05) is 0 Å². The van der Waals surface area contributed by atoms with Crippen LogP contribution in [0.5, 0.6) is 5.75 Å². The van der Waals surface area contributed by atoms with Gasteiger partial charge in [-0.2, -0.15) is 0 Å². The van der Waals surface area contributed by atoms with Crippen LogP contribution in [0.3, 0.4) is 0 Å². The number of anilines is 1. The van der Waals surface area contributed by atoms with Crippen LogP contribution in [-0.4, -0.2) is 54.1 Å². The molecular formula is C16H18N4O3. The number of nitrogens with zero attached hydrogens (tertiary/aromatic N) is 3. The molecule has 0 aliphatic carbocycles. The van der Waals surface area contributed by atoms with Crippen LogP contribution in [0.4, 0.5) is 5.69 Å². The predicted octanol–water partition coefficient (Wildman–Crippen LogP) is 0.741. The van der Waals surface area contributed by atoms with Crippen LogP contribution >= 0.6 is 0 Å². The summed E-state index contributed by atoms with van der Waals surface area (Å²) in [5.41, 5.74) is 0.971. The quantitative estimate of drug-likeness (QED) is 0.904. The Bertz CT molecular complexity index is 733. The van der Waals surface area contributed by atoms with Crippen molar-refractivity contribution in [3.63, 3.8) is 0 Å². The molecule has 2 heterocycles. The normalized spacial score (nSPS) is 14.7. The summed E-state index contributed by atoms with van der Waals surface area (Å²) in [5.74, 6) is 0.619. The first kappa shape index (κ1) is 15.1. The number of hydrogen-bond donors (Lipinski definition) is 1. The zero-order valence-corrected chi connectivity index (χ0v) is 12.9. The number of H-pyrrole nitrogens is 1. The lowest BCUT2D eigenvalue weighted by Gasteiger charge is -2.36. The zero-order valence-electron chi connectivity index (χ0n) is 12.9. The van der Waals surface area contributed by atoms with Gasteiger partial charge in [0.05, 0.1) is 13.4 Å². The smallest absolute Gasteiger partial charge is 0.272 e. The van der Waals surface area contributed by atoms with Crippen LogP contribution < -0.4 is 15.2 Å². The van der Waals surface area contributed by atoms with Crippen LogP contribution in [0.15, 0.2) is 41.5 Å². The SMILES string of the molecule is COc1ccc(N2CCN(C(=O)c3cc(=O)[nH]cn3)CC2)cc1. The van der Waals surface area contributed by atoms with Crippen LogP contribution in [0.2, 0.25) is 0 Å². The number of benzene rings is 1. The molecule has 0 spiro atoms. The number of ether oxygens (including phenoxy) is 1. The Labute approximate surface area is 133 Å². The summed E-state index contributed by atoms with van der Waals surface area (Å²) in [5, 5.41) is 0. The maximum absolute atomic E-state index is 12.4. The first-order valence-electron chi connectivity index (χ1n) is 7.40. The molecule has 0 unspecified atom stereocenters. The van der Waals surface area contributed by atoms with Crippen LogP contribution in [0.1, 0.15) is 10.5 Å². The van der Waals surface area contributed by atoms with Crippen LogP contribution in [0, 0.1) is 0 Å². The minimum Gasteiger partial charge on any atom is -0.497 e. The van der Waals surface area contributed by atoms with Gasteiger partial charge >= 0.3 is 0 Å². The number of rotatable bonds is 3. The number of aromatic nitrogens is 2. The molecule has 1 fully saturated rings. The van der Waals surface area contributed by atoms with Crippen molar-refractivity contribution in [2.45, 2.75) is 0 Å². The summed E-state index contributed by atoms with van der Waals surface area (Å²) in [6.45, 7) is 2.67. The topological polar surface area (TPSA) is 78.5 Å². The highest BCUT2D eigenvalue weighted by Gasteiger charge is 2.23. The van der Waals surface area contributed by atoms with E-state index in [0.717, 1.165) is 24.5 Å². The van der Waals surface area contributed by atoms with Gasteiger partial charge in [-0.05, 0) is 24.3 Å². The molecule has 0 saturated carbocycles. The summed E-state index contributed by atoms with van der Waals surface area (Å²) in [4.78, 5) is 33.9. The molecule has 1 aliphatic rings. The maximum Gasteiger partial charge on any atom is 0.272 e. The molecule has 120 valence electrons. The third-order valence-electron chi connectivity index (χ3n) is 3.90. The van der Waals surface area contributed by atoms with Crippen molar-refractivity contribution in [1.82, 2.24) is 14.9 Å². The molecule has 3 rings (SSSR count). The van der Waals surface area contributed by atoms with Crippen molar-refractivity contribution in [2.75, 3.05) is 38.2 Å². The van der Waals surface area contributed by atoms with E-state index >= 15 is 0 Å². The number of piperazine rings is 1. The average molecular weight is 314 g/mol. The second-order valence-electron chi connectivity index (χ2n) is 5.27. The van der Waals surface area contributed by atoms with Gasteiger partial charge in [-0.15, -0.1) is 0 Å². The first-order chi connectivity index (χ1) is 11.2. The van der Waals surface area contributed by atoms with Gasteiger partial charge in [-0.3, -0.25) is 9.59 Å². The molecule has 1 N–H and O–H groups in total. The molecule has 1 aromatic heterocycles. The molecule has 0 radical (unpaired) electrons. The molecule has 1 saturated heterocycles. The van der Waals surface area contributed by atoms with E-state index in [9.17, 15) is 9.59 Å². The third kappa shape index (κ3) is 3.33. The number of methoxy groups -OCH3 is 1. The maximum atomic E-state index is 12.4. The van der Waals surface area contributed by atoms with Gasteiger partial charge < -0.3 is 19.5 Å². The molecular weight excluding hydrogens is 296 g/mol. The van der Waals surface area contributed by atoms with E-state index in [0.29, 0.717) is 13.1 Å². The largest absolute Gasteiger partial charge is 0.497 e. The highest BCUT2D eigenvalue weighted by molar-refractivity contribution is 5.92. The monoisotopic (exact) mass is 314 g/mol. The minimum atomic E-state index is -0.319. The summed E-state index contributed by atoms with van der Waals surface area (Å²) in [6, 6.07) is 9.10. The summed E-state index contributed by atoms with van der Waals surface area (Å²) in [7, 11) is 1.64.